The van der Waals surface area contributed by atoms with E-state index in [4.69, 9.17) is 0 Å². The van der Waals surface area contributed by atoms with Gasteiger partial charge in [-0.1, -0.05) is 6.42 Å². The summed E-state index contributed by atoms with van der Waals surface area (Å²) in [5.41, 5.74) is 0. The van der Waals surface area contributed by atoms with Crippen LogP contribution >= 0.6 is 0 Å². The molecule has 0 aromatic carbocycles. The maximum atomic E-state index is 12.3. The molecule has 2 N–H and O–H groups in total. The number of rotatable bonds is 2. The molecule has 3 atom stereocenters. The van der Waals surface area contributed by atoms with E-state index in [1.807, 2.05) is 4.90 Å². The summed E-state index contributed by atoms with van der Waals surface area (Å²) in [5, 5.41) is 12.9. The lowest BCUT2D eigenvalue weighted by molar-refractivity contribution is -0.136. The molecular weight excluding hydrogens is 204 g/mol. The van der Waals surface area contributed by atoms with E-state index in [1.54, 1.807) is 6.92 Å². The van der Waals surface area contributed by atoms with Crippen LogP contribution in [0.15, 0.2) is 0 Å². The lowest BCUT2D eigenvalue weighted by Crippen LogP contribution is -2.52. The molecule has 4 nitrogen and oxygen atoms in total. The summed E-state index contributed by atoms with van der Waals surface area (Å²) in [6.07, 6.45) is 4.81. The molecule has 4 heteroatoms. The Morgan fingerprint density at radius 3 is 2.81 bits per heavy atom. The summed E-state index contributed by atoms with van der Waals surface area (Å²) < 4.78 is 0. The number of aliphatic hydroxyl groups excluding tert-OH is 1. The Morgan fingerprint density at radius 2 is 2.19 bits per heavy atom. The number of nitrogens with zero attached hydrogens (tertiary/aromatic N) is 1. The molecule has 0 radical (unpaired) electrons. The summed E-state index contributed by atoms with van der Waals surface area (Å²) in [7, 11) is 0. The summed E-state index contributed by atoms with van der Waals surface area (Å²) in [4.78, 5) is 14.2. The Balaban J connectivity index is 1.97. The van der Waals surface area contributed by atoms with Gasteiger partial charge in [-0.2, -0.15) is 0 Å². The van der Waals surface area contributed by atoms with Crippen molar-refractivity contribution >= 4 is 5.91 Å². The van der Waals surface area contributed by atoms with E-state index in [0.29, 0.717) is 0 Å². The Hall–Kier alpha value is -0.610. The molecular formula is C12H22N2O2. The molecule has 0 aromatic heterocycles. The largest absolute Gasteiger partial charge is 0.391 e. The minimum absolute atomic E-state index is 0.00639. The highest BCUT2D eigenvalue weighted by molar-refractivity contribution is 5.82. The lowest BCUT2D eigenvalue weighted by Gasteiger charge is -2.32. The number of carbonyl (C=O) groups is 1. The fourth-order valence-electron chi connectivity index (χ4n) is 2.83. The highest BCUT2D eigenvalue weighted by Crippen LogP contribution is 2.22. The van der Waals surface area contributed by atoms with Gasteiger partial charge < -0.3 is 15.3 Å². The van der Waals surface area contributed by atoms with Crippen molar-refractivity contribution in [2.75, 3.05) is 13.1 Å². The quantitative estimate of drug-likeness (QED) is 0.721. The van der Waals surface area contributed by atoms with E-state index in [0.717, 1.165) is 38.8 Å². The first-order valence-electron chi connectivity index (χ1n) is 6.42. The van der Waals surface area contributed by atoms with Crippen molar-refractivity contribution in [3.63, 3.8) is 0 Å². The molecule has 0 spiro atoms. The van der Waals surface area contributed by atoms with Gasteiger partial charge in [0.1, 0.15) is 0 Å². The van der Waals surface area contributed by atoms with E-state index in [-0.39, 0.29) is 18.0 Å². The van der Waals surface area contributed by atoms with Crippen LogP contribution in [-0.2, 0) is 4.79 Å². The van der Waals surface area contributed by atoms with Crippen molar-refractivity contribution in [3.05, 3.63) is 0 Å². The highest BCUT2D eigenvalue weighted by atomic mass is 16.3. The minimum Gasteiger partial charge on any atom is -0.391 e. The number of hydrogen-bond acceptors (Lipinski definition) is 3. The first-order chi connectivity index (χ1) is 7.70. The second-order valence-electron chi connectivity index (χ2n) is 4.98. The van der Waals surface area contributed by atoms with Crippen LogP contribution in [-0.4, -0.2) is 47.2 Å². The van der Waals surface area contributed by atoms with Gasteiger partial charge in [-0.15, -0.1) is 0 Å². The third-order valence-corrected chi connectivity index (χ3v) is 3.75. The van der Waals surface area contributed by atoms with Crippen molar-refractivity contribution in [1.29, 1.82) is 0 Å². The Kier molecular flexibility index (Phi) is 3.82. The van der Waals surface area contributed by atoms with Gasteiger partial charge >= 0.3 is 0 Å². The van der Waals surface area contributed by atoms with E-state index in [2.05, 4.69) is 5.32 Å². The maximum absolute atomic E-state index is 12.3. The molecule has 16 heavy (non-hydrogen) atoms. The van der Waals surface area contributed by atoms with Crippen molar-refractivity contribution in [3.8, 4) is 0 Å². The van der Waals surface area contributed by atoms with E-state index in [1.165, 1.54) is 6.42 Å². The fourth-order valence-corrected chi connectivity index (χ4v) is 2.83. The summed E-state index contributed by atoms with van der Waals surface area (Å²) >= 11 is 0. The van der Waals surface area contributed by atoms with Crippen molar-refractivity contribution in [2.24, 2.45) is 0 Å². The van der Waals surface area contributed by atoms with Gasteiger partial charge in [0.15, 0.2) is 0 Å². The zero-order chi connectivity index (χ0) is 11.5. The predicted octanol–water partition coefficient (Wildman–Crippen LogP) is 0.500. The van der Waals surface area contributed by atoms with Crippen molar-refractivity contribution in [2.45, 2.75) is 57.2 Å². The standard InChI is InChI=1S/C12H22N2O2/c1-9(15)11-6-4-8-14(11)12(16)10-5-2-3-7-13-10/h9-11,13,15H,2-8H2,1H3/t9-,10-,11-/m0/s1. The number of aliphatic hydroxyl groups is 1. The topological polar surface area (TPSA) is 52.6 Å². The summed E-state index contributed by atoms with van der Waals surface area (Å²) in [6, 6.07) is 0.0318. The molecule has 0 aliphatic carbocycles. The molecule has 1 amide bonds. The van der Waals surface area contributed by atoms with Gasteiger partial charge in [0, 0.05) is 6.54 Å². The van der Waals surface area contributed by atoms with Crippen LogP contribution in [0.2, 0.25) is 0 Å². The first kappa shape index (κ1) is 11.9. The monoisotopic (exact) mass is 226 g/mol. The second-order valence-corrected chi connectivity index (χ2v) is 4.98. The number of carbonyl (C=O) groups excluding carboxylic acids is 1. The zero-order valence-corrected chi connectivity index (χ0v) is 9.98. The van der Waals surface area contributed by atoms with E-state index >= 15 is 0 Å². The van der Waals surface area contributed by atoms with Gasteiger partial charge in [-0.3, -0.25) is 4.79 Å². The van der Waals surface area contributed by atoms with Crippen LogP contribution in [0.5, 0.6) is 0 Å². The highest BCUT2D eigenvalue weighted by Gasteiger charge is 2.35. The molecule has 0 unspecified atom stereocenters. The third-order valence-electron chi connectivity index (χ3n) is 3.75. The van der Waals surface area contributed by atoms with E-state index < -0.39 is 6.10 Å². The molecule has 92 valence electrons. The van der Waals surface area contributed by atoms with Crippen LogP contribution < -0.4 is 5.32 Å². The van der Waals surface area contributed by atoms with Crippen molar-refractivity contribution < 1.29 is 9.90 Å². The summed E-state index contributed by atoms with van der Waals surface area (Å²) in [5.74, 6) is 0.197. The number of likely N-dealkylation sites (tertiary alicyclic amines) is 1. The number of amides is 1. The number of piperidine rings is 1. The van der Waals surface area contributed by atoms with Crippen LogP contribution in [0.3, 0.4) is 0 Å². The Morgan fingerprint density at radius 1 is 1.38 bits per heavy atom. The minimum atomic E-state index is -0.407. The molecule has 2 rings (SSSR count). The van der Waals surface area contributed by atoms with Gasteiger partial charge in [0.2, 0.25) is 5.91 Å². The van der Waals surface area contributed by atoms with E-state index in [9.17, 15) is 9.90 Å². The molecule has 2 aliphatic heterocycles. The SMILES string of the molecule is C[C@H](O)[C@@H]1CCCN1C(=O)[C@@H]1CCCCN1. The zero-order valence-electron chi connectivity index (χ0n) is 9.98. The lowest BCUT2D eigenvalue weighted by atomic mass is 10.0. The van der Waals surface area contributed by atoms with Gasteiger partial charge in [0.25, 0.3) is 0 Å². The normalized spacial score (nSPS) is 32.8. The Bertz CT molecular complexity index is 249. The van der Waals surface area contributed by atoms with Crippen LogP contribution in [0.4, 0.5) is 0 Å². The third kappa shape index (κ3) is 2.38. The number of hydrogen-bond donors (Lipinski definition) is 2. The predicted molar refractivity (Wildman–Crippen MR) is 62.1 cm³/mol. The fraction of sp³-hybridized carbons (Fsp3) is 0.917. The number of nitrogens with one attached hydrogen (secondary N) is 1. The molecule has 0 bridgehead atoms. The Labute approximate surface area is 97.0 Å². The van der Waals surface area contributed by atoms with Gasteiger partial charge in [0.05, 0.1) is 18.2 Å². The van der Waals surface area contributed by atoms with Crippen LogP contribution in [0.1, 0.15) is 39.0 Å². The molecule has 2 saturated heterocycles. The molecule has 2 heterocycles. The first-order valence-corrected chi connectivity index (χ1v) is 6.42. The van der Waals surface area contributed by atoms with Crippen molar-refractivity contribution in [1.82, 2.24) is 10.2 Å². The van der Waals surface area contributed by atoms with Crippen LogP contribution in [0, 0.1) is 0 Å². The molecule has 2 fully saturated rings. The molecule has 2 aliphatic rings. The maximum Gasteiger partial charge on any atom is 0.240 e. The smallest absolute Gasteiger partial charge is 0.240 e. The average Bonchev–Trinajstić information content (AvgIpc) is 2.78. The van der Waals surface area contributed by atoms with Crippen LogP contribution in [0.25, 0.3) is 0 Å². The average molecular weight is 226 g/mol. The molecule has 0 saturated carbocycles. The molecule has 0 aromatic rings. The van der Waals surface area contributed by atoms with Gasteiger partial charge in [-0.25, -0.2) is 0 Å². The second kappa shape index (κ2) is 5.15. The van der Waals surface area contributed by atoms with Gasteiger partial charge in [-0.05, 0) is 39.2 Å². The summed E-state index contributed by atoms with van der Waals surface area (Å²) in [6.45, 7) is 3.54.